The SMILES string of the molecule is CS(=O)(=O)c1cc2c(nc1Br)CCC2. The van der Waals surface area contributed by atoms with Gasteiger partial charge in [-0.3, -0.25) is 0 Å². The first-order valence-electron chi connectivity index (χ1n) is 4.37. The van der Waals surface area contributed by atoms with E-state index in [0.29, 0.717) is 9.50 Å². The minimum Gasteiger partial charge on any atom is -0.244 e. The first kappa shape index (κ1) is 10.1. The molecule has 0 aromatic carbocycles. The van der Waals surface area contributed by atoms with Crippen LogP contribution in [0, 0.1) is 0 Å². The number of hydrogen-bond donors (Lipinski definition) is 0. The van der Waals surface area contributed by atoms with E-state index in [9.17, 15) is 8.42 Å². The van der Waals surface area contributed by atoms with Crippen LogP contribution < -0.4 is 0 Å². The summed E-state index contributed by atoms with van der Waals surface area (Å²) in [7, 11) is -3.16. The topological polar surface area (TPSA) is 47.0 Å². The van der Waals surface area contributed by atoms with E-state index >= 15 is 0 Å². The van der Waals surface area contributed by atoms with Gasteiger partial charge in [0.15, 0.2) is 9.84 Å². The lowest BCUT2D eigenvalue weighted by Gasteiger charge is -2.04. The Kier molecular flexibility index (Phi) is 2.39. The molecule has 0 radical (unpaired) electrons. The minimum absolute atomic E-state index is 0.304. The van der Waals surface area contributed by atoms with Crippen molar-refractivity contribution in [1.82, 2.24) is 4.98 Å². The maximum Gasteiger partial charge on any atom is 0.178 e. The van der Waals surface area contributed by atoms with Crippen molar-refractivity contribution >= 4 is 25.8 Å². The molecule has 0 aliphatic heterocycles. The lowest BCUT2D eigenvalue weighted by atomic mass is 10.2. The van der Waals surface area contributed by atoms with Gasteiger partial charge in [0.25, 0.3) is 0 Å². The number of fused-ring (bicyclic) bond motifs is 1. The maximum absolute atomic E-state index is 11.4. The highest BCUT2D eigenvalue weighted by Crippen LogP contribution is 2.27. The number of nitrogens with zero attached hydrogens (tertiary/aromatic N) is 1. The first-order chi connectivity index (χ1) is 6.48. The van der Waals surface area contributed by atoms with Crippen molar-refractivity contribution in [2.45, 2.75) is 24.2 Å². The van der Waals surface area contributed by atoms with Crippen LogP contribution in [0.4, 0.5) is 0 Å². The van der Waals surface area contributed by atoms with Crippen molar-refractivity contribution in [3.63, 3.8) is 0 Å². The van der Waals surface area contributed by atoms with Crippen LogP contribution in [0.2, 0.25) is 0 Å². The third-order valence-electron chi connectivity index (χ3n) is 2.37. The van der Waals surface area contributed by atoms with Crippen LogP contribution in [0.15, 0.2) is 15.6 Å². The zero-order valence-corrected chi connectivity index (χ0v) is 10.2. The van der Waals surface area contributed by atoms with Gasteiger partial charge in [-0.1, -0.05) is 0 Å². The number of rotatable bonds is 1. The van der Waals surface area contributed by atoms with Crippen LogP contribution in [0.3, 0.4) is 0 Å². The Labute approximate surface area is 91.6 Å². The molecule has 1 aliphatic rings. The monoisotopic (exact) mass is 275 g/mol. The predicted octanol–water partition coefficient (Wildman–Crippen LogP) is 1.74. The van der Waals surface area contributed by atoms with Gasteiger partial charge in [0.2, 0.25) is 0 Å². The van der Waals surface area contributed by atoms with Crippen LogP contribution in [-0.4, -0.2) is 19.7 Å². The molecule has 76 valence electrons. The van der Waals surface area contributed by atoms with E-state index in [0.717, 1.165) is 30.5 Å². The van der Waals surface area contributed by atoms with E-state index in [1.54, 1.807) is 6.07 Å². The standard InChI is InChI=1S/C9H10BrNO2S/c1-14(12,13)8-5-6-3-2-4-7(6)11-9(8)10/h5H,2-4H2,1H3. The molecule has 0 N–H and O–H groups in total. The van der Waals surface area contributed by atoms with Crippen molar-refractivity contribution < 1.29 is 8.42 Å². The number of hydrogen-bond acceptors (Lipinski definition) is 3. The van der Waals surface area contributed by atoms with Crippen LogP contribution >= 0.6 is 15.9 Å². The molecule has 1 aromatic heterocycles. The van der Waals surface area contributed by atoms with E-state index in [2.05, 4.69) is 20.9 Å². The molecular formula is C9H10BrNO2S. The van der Waals surface area contributed by atoms with Gasteiger partial charge in [-0.25, -0.2) is 13.4 Å². The Morgan fingerprint density at radius 1 is 1.43 bits per heavy atom. The van der Waals surface area contributed by atoms with Crippen LogP contribution in [0.1, 0.15) is 17.7 Å². The average molecular weight is 276 g/mol. The normalized spacial score (nSPS) is 15.6. The van der Waals surface area contributed by atoms with Crippen molar-refractivity contribution in [3.8, 4) is 0 Å². The molecule has 0 amide bonds. The smallest absolute Gasteiger partial charge is 0.178 e. The molecule has 0 atom stereocenters. The zero-order chi connectivity index (χ0) is 10.3. The summed E-state index contributed by atoms with van der Waals surface area (Å²) in [4.78, 5) is 4.56. The second-order valence-corrected chi connectivity index (χ2v) is 6.24. The van der Waals surface area contributed by atoms with E-state index in [4.69, 9.17) is 0 Å². The van der Waals surface area contributed by atoms with Crippen molar-refractivity contribution in [2.75, 3.05) is 6.26 Å². The Hall–Kier alpha value is -0.420. The Balaban J connectivity index is 2.65. The molecule has 1 heterocycles. The molecule has 0 unspecified atom stereocenters. The Morgan fingerprint density at radius 3 is 2.79 bits per heavy atom. The van der Waals surface area contributed by atoms with Crippen LogP contribution in [0.25, 0.3) is 0 Å². The summed E-state index contributed by atoms with van der Waals surface area (Å²) in [6.45, 7) is 0. The Bertz CT molecular complexity index is 482. The highest BCUT2D eigenvalue weighted by atomic mass is 79.9. The number of pyridine rings is 1. The van der Waals surface area contributed by atoms with Gasteiger partial charge in [-0.05, 0) is 46.8 Å². The van der Waals surface area contributed by atoms with Gasteiger partial charge < -0.3 is 0 Å². The molecule has 0 bridgehead atoms. The quantitative estimate of drug-likeness (QED) is 0.734. The summed E-state index contributed by atoms with van der Waals surface area (Å²) >= 11 is 3.20. The summed E-state index contributed by atoms with van der Waals surface area (Å²) in [6, 6.07) is 1.74. The fourth-order valence-corrected chi connectivity index (χ4v) is 3.60. The molecule has 0 spiro atoms. The summed E-state index contributed by atoms with van der Waals surface area (Å²) in [5, 5.41) is 0. The average Bonchev–Trinajstić information content (AvgIpc) is 2.47. The van der Waals surface area contributed by atoms with Crippen molar-refractivity contribution in [2.24, 2.45) is 0 Å². The second kappa shape index (κ2) is 3.31. The summed E-state index contributed by atoms with van der Waals surface area (Å²) in [5.74, 6) is 0. The Morgan fingerprint density at radius 2 is 2.14 bits per heavy atom. The zero-order valence-electron chi connectivity index (χ0n) is 7.75. The number of aromatic nitrogens is 1. The lowest BCUT2D eigenvalue weighted by molar-refractivity contribution is 0.600. The minimum atomic E-state index is -3.16. The third kappa shape index (κ3) is 1.70. The molecule has 2 rings (SSSR count). The van der Waals surface area contributed by atoms with Gasteiger partial charge in [-0.2, -0.15) is 0 Å². The number of aryl methyl sites for hydroxylation is 2. The van der Waals surface area contributed by atoms with E-state index in [1.165, 1.54) is 6.26 Å². The van der Waals surface area contributed by atoms with Gasteiger partial charge in [0.1, 0.15) is 4.60 Å². The molecule has 0 saturated heterocycles. The van der Waals surface area contributed by atoms with Gasteiger partial charge in [0, 0.05) is 11.9 Å². The first-order valence-corrected chi connectivity index (χ1v) is 7.05. The number of halogens is 1. The van der Waals surface area contributed by atoms with E-state index in [-0.39, 0.29) is 0 Å². The van der Waals surface area contributed by atoms with Gasteiger partial charge >= 0.3 is 0 Å². The highest BCUT2D eigenvalue weighted by Gasteiger charge is 2.19. The van der Waals surface area contributed by atoms with Gasteiger partial charge in [-0.15, -0.1) is 0 Å². The van der Waals surface area contributed by atoms with E-state index < -0.39 is 9.84 Å². The van der Waals surface area contributed by atoms with Crippen LogP contribution in [0.5, 0.6) is 0 Å². The molecule has 1 aliphatic carbocycles. The molecule has 1 aromatic rings. The fraction of sp³-hybridized carbons (Fsp3) is 0.444. The highest BCUT2D eigenvalue weighted by molar-refractivity contribution is 9.10. The lowest BCUT2D eigenvalue weighted by Crippen LogP contribution is -2.02. The summed E-state index contributed by atoms with van der Waals surface area (Å²) < 4.78 is 23.2. The molecule has 5 heteroatoms. The third-order valence-corrected chi connectivity index (χ3v) is 4.35. The molecular weight excluding hydrogens is 266 g/mol. The molecule has 14 heavy (non-hydrogen) atoms. The van der Waals surface area contributed by atoms with Crippen molar-refractivity contribution in [1.29, 1.82) is 0 Å². The number of sulfone groups is 1. The van der Waals surface area contributed by atoms with Gasteiger partial charge in [0.05, 0.1) is 4.90 Å². The predicted molar refractivity (Wildman–Crippen MR) is 57.1 cm³/mol. The summed E-state index contributed by atoms with van der Waals surface area (Å²) in [6.07, 6.45) is 4.17. The van der Waals surface area contributed by atoms with Crippen LogP contribution in [-0.2, 0) is 22.7 Å². The van der Waals surface area contributed by atoms with Crippen molar-refractivity contribution in [3.05, 3.63) is 21.9 Å². The second-order valence-electron chi connectivity index (χ2n) is 3.51. The maximum atomic E-state index is 11.4. The largest absolute Gasteiger partial charge is 0.244 e. The molecule has 0 saturated carbocycles. The summed E-state index contributed by atoms with van der Waals surface area (Å²) in [5.41, 5.74) is 2.11. The molecule has 3 nitrogen and oxygen atoms in total. The fourth-order valence-electron chi connectivity index (χ4n) is 1.69. The van der Waals surface area contributed by atoms with E-state index in [1.807, 2.05) is 0 Å². The molecule has 0 fully saturated rings.